The Labute approximate surface area is 178 Å². The van der Waals surface area contributed by atoms with Crippen LogP contribution in [0, 0.1) is 6.92 Å². The Hall–Kier alpha value is -2.15. The van der Waals surface area contributed by atoms with Crippen molar-refractivity contribution in [2.45, 2.75) is 26.3 Å². The largest absolute Gasteiger partial charge is 0.355 e. The highest BCUT2D eigenvalue weighted by Crippen LogP contribution is 2.24. The Bertz CT molecular complexity index is 880. The van der Waals surface area contributed by atoms with Crippen molar-refractivity contribution >= 4 is 30.6 Å². The molecule has 0 fully saturated rings. The van der Waals surface area contributed by atoms with Crippen LogP contribution in [-0.4, -0.2) is 39.9 Å². The van der Waals surface area contributed by atoms with Crippen LogP contribution >= 0.6 is 24.8 Å². The molecule has 6 nitrogen and oxygen atoms in total. The van der Waals surface area contributed by atoms with Crippen LogP contribution in [0.25, 0.3) is 5.69 Å². The van der Waals surface area contributed by atoms with E-state index in [1.807, 2.05) is 23.9 Å². The highest BCUT2D eigenvalue weighted by molar-refractivity contribution is 5.85. The van der Waals surface area contributed by atoms with Gasteiger partial charge in [0.25, 0.3) is 0 Å². The fourth-order valence-electron chi connectivity index (χ4n) is 3.49. The van der Waals surface area contributed by atoms with Gasteiger partial charge in [0.15, 0.2) is 0 Å². The number of nitrogens with one attached hydrogen (secondary N) is 1. The van der Waals surface area contributed by atoms with Crippen molar-refractivity contribution in [1.82, 2.24) is 25.1 Å². The average molecular weight is 421 g/mol. The van der Waals surface area contributed by atoms with Crippen molar-refractivity contribution in [2.24, 2.45) is 0 Å². The lowest BCUT2D eigenvalue weighted by Gasteiger charge is -2.23. The second kappa shape index (κ2) is 9.87. The molecule has 3 heterocycles. The zero-order chi connectivity index (χ0) is 17.9. The van der Waals surface area contributed by atoms with Gasteiger partial charge >= 0.3 is 0 Å². The summed E-state index contributed by atoms with van der Waals surface area (Å²) in [6.07, 6.45) is 5.69. The summed E-state index contributed by atoms with van der Waals surface area (Å²) in [6.45, 7) is 4.77. The van der Waals surface area contributed by atoms with E-state index in [0.29, 0.717) is 0 Å². The van der Waals surface area contributed by atoms with Gasteiger partial charge in [0.1, 0.15) is 11.6 Å². The van der Waals surface area contributed by atoms with Crippen molar-refractivity contribution in [3.8, 4) is 5.69 Å². The first-order chi connectivity index (χ1) is 12.7. The minimum atomic E-state index is 0. The smallest absolute Gasteiger partial charge is 0.135 e. The molecule has 150 valence electrons. The van der Waals surface area contributed by atoms with Gasteiger partial charge in [0.2, 0.25) is 0 Å². The van der Waals surface area contributed by atoms with Gasteiger partial charge < -0.3 is 10.2 Å². The van der Waals surface area contributed by atoms with E-state index in [4.69, 9.17) is 4.98 Å². The second-order valence-electron chi connectivity index (χ2n) is 6.74. The Morgan fingerprint density at radius 2 is 1.82 bits per heavy atom. The average Bonchev–Trinajstić information content (AvgIpc) is 3.08. The van der Waals surface area contributed by atoms with Crippen LogP contribution in [-0.2, 0) is 19.4 Å². The lowest BCUT2D eigenvalue weighted by atomic mass is 10.1. The Morgan fingerprint density at radius 1 is 1.07 bits per heavy atom. The molecular weight excluding hydrogens is 395 g/mol. The van der Waals surface area contributed by atoms with Crippen LogP contribution < -0.4 is 10.2 Å². The maximum absolute atomic E-state index is 4.76. The predicted molar refractivity (Wildman–Crippen MR) is 117 cm³/mol. The van der Waals surface area contributed by atoms with E-state index in [2.05, 4.69) is 51.6 Å². The van der Waals surface area contributed by atoms with Crippen molar-refractivity contribution < 1.29 is 0 Å². The van der Waals surface area contributed by atoms with Gasteiger partial charge in [-0.25, -0.2) is 14.6 Å². The number of nitrogens with zero attached hydrogens (tertiary/aromatic N) is 5. The van der Waals surface area contributed by atoms with Crippen molar-refractivity contribution in [1.29, 1.82) is 0 Å². The minimum absolute atomic E-state index is 0. The van der Waals surface area contributed by atoms with Crippen molar-refractivity contribution in [3.63, 3.8) is 0 Å². The SMILES string of the molecule is Cc1nc2c(c(N(C)Cc3ccc(-n4cccn4)cc3)n1)CCNCC2.Cl.Cl. The third-order valence-electron chi connectivity index (χ3n) is 4.76. The lowest BCUT2D eigenvalue weighted by Crippen LogP contribution is -2.22. The molecule has 0 bridgehead atoms. The Morgan fingerprint density at radius 3 is 2.54 bits per heavy atom. The minimum Gasteiger partial charge on any atom is -0.355 e. The molecule has 1 aliphatic heterocycles. The van der Waals surface area contributed by atoms with Crippen LogP contribution in [0.3, 0.4) is 0 Å². The molecule has 0 saturated heterocycles. The lowest BCUT2D eigenvalue weighted by molar-refractivity contribution is 0.708. The van der Waals surface area contributed by atoms with Crippen LogP contribution in [0.1, 0.15) is 22.6 Å². The molecule has 0 atom stereocenters. The van der Waals surface area contributed by atoms with Gasteiger partial charge in [0, 0.05) is 44.5 Å². The molecule has 3 aromatic rings. The summed E-state index contributed by atoms with van der Waals surface area (Å²) in [5.41, 5.74) is 4.80. The van der Waals surface area contributed by atoms with Gasteiger partial charge in [-0.3, -0.25) is 0 Å². The topological polar surface area (TPSA) is 58.9 Å². The second-order valence-corrected chi connectivity index (χ2v) is 6.74. The van der Waals surface area contributed by atoms with Crippen molar-refractivity contribution in [3.05, 3.63) is 65.4 Å². The zero-order valence-corrected chi connectivity index (χ0v) is 17.8. The molecule has 0 radical (unpaired) electrons. The summed E-state index contributed by atoms with van der Waals surface area (Å²) in [5, 5.41) is 7.73. The number of benzene rings is 1. The third-order valence-corrected chi connectivity index (χ3v) is 4.76. The summed E-state index contributed by atoms with van der Waals surface area (Å²) < 4.78 is 1.87. The number of hydrogen-bond acceptors (Lipinski definition) is 5. The van der Waals surface area contributed by atoms with Gasteiger partial charge in [0.05, 0.1) is 11.4 Å². The van der Waals surface area contributed by atoms with Gasteiger partial charge in [-0.15, -0.1) is 24.8 Å². The summed E-state index contributed by atoms with van der Waals surface area (Å²) in [6, 6.07) is 10.4. The fourth-order valence-corrected chi connectivity index (χ4v) is 3.49. The number of fused-ring (bicyclic) bond motifs is 1. The quantitative estimate of drug-likeness (QED) is 0.702. The van der Waals surface area contributed by atoms with E-state index in [-0.39, 0.29) is 24.8 Å². The first-order valence-electron chi connectivity index (χ1n) is 9.08. The molecule has 0 unspecified atom stereocenters. The molecule has 0 amide bonds. The predicted octanol–water partition coefficient (Wildman–Crippen LogP) is 3.14. The molecule has 28 heavy (non-hydrogen) atoms. The molecule has 4 rings (SSSR count). The highest BCUT2D eigenvalue weighted by Gasteiger charge is 2.18. The Kier molecular flexibility index (Phi) is 7.80. The summed E-state index contributed by atoms with van der Waals surface area (Å²) in [7, 11) is 2.11. The maximum Gasteiger partial charge on any atom is 0.135 e. The van der Waals surface area contributed by atoms with E-state index >= 15 is 0 Å². The molecule has 2 aromatic heterocycles. The molecule has 0 spiro atoms. The standard InChI is InChI=1S/C20H24N6.2ClH/c1-15-23-19-9-12-21-11-8-18(19)20(24-15)25(2)14-16-4-6-17(7-5-16)26-13-3-10-22-26;;/h3-7,10,13,21H,8-9,11-12,14H2,1-2H3;2*1H. The van der Waals surface area contributed by atoms with Gasteiger partial charge in [-0.05, 0) is 43.7 Å². The Balaban J connectivity index is 0.00000140. The van der Waals surface area contributed by atoms with Crippen molar-refractivity contribution in [2.75, 3.05) is 25.0 Å². The van der Waals surface area contributed by atoms with Crippen LogP contribution in [0.4, 0.5) is 5.82 Å². The van der Waals surface area contributed by atoms with Gasteiger partial charge in [-0.2, -0.15) is 5.10 Å². The zero-order valence-electron chi connectivity index (χ0n) is 16.1. The van der Waals surface area contributed by atoms with Crippen LogP contribution in [0.15, 0.2) is 42.7 Å². The molecule has 8 heteroatoms. The summed E-state index contributed by atoms with van der Waals surface area (Å²) >= 11 is 0. The number of rotatable bonds is 4. The molecule has 0 aliphatic carbocycles. The van der Waals surface area contributed by atoms with E-state index in [0.717, 1.165) is 49.8 Å². The first-order valence-corrected chi connectivity index (χ1v) is 9.08. The summed E-state index contributed by atoms with van der Waals surface area (Å²) in [5.74, 6) is 1.91. The highest BCUT2D eigenvalue weighted by atomic mass is 35.5. The van der Waals surface area contributed by atoms with Gasteiger partial charge in [-0.1, -0.05) is 12.1 Å². The first kappa shape index (κ1) is 22.1. The normalized spacial score (nSPS) is 12.9. The maximum atomic E-state index is 4.76. The number of anilines is 1. The molecule has 1 aliphatic rings. The molecule has 1 aromatic carbocycles. The fraction of sp³-hybridized carbons (Fsp3) is 0.350. The molecule has 1 N–H and O–H groups in total. The van der Waals surface area contributed by atoms with E-state index in [1.54, 1.807) is 6.20 Å². The number of aryl methyl sites for hydroxylation is 1. The van der Waals surface area contributed by atoms with E-state index in [9.17, 15) is 0 Å². The monoisotopic (exact) mass is 420 g/mol. The number of hydrogen-bond donors (Lipinski definition) is 1. The van der Waals surface area contributed by atoms with Crippen LogP contribution in [0.2, 0.25) is 0 Å². The molecular formula is C20H26Cl2N6. The van der Waals surface area contributed by atoms with Crippen LogP contribution in [0.5, 0.6) is 0 Å². The third kappa shape index (κ3) is 4.82. The van der Waals surface area contributed by atoms with E-state index < -0.39 is 0 Å². The number of halogens is 2. The molecule has 0 saturated carbocycles. The van der Waals surface area contributed by atoms with E-state index in [1.165, 1.54) is 16.8 Å². The number of aromatic nitrogens is 4. The summed E-state index contributed by atoms with van der Waals surface area (Å²) in [4.78, 5) is 11.7.